The van der Waals surface area contributed by atoms with Gasteiger partial charge in [0, 0.05) is 29.1 Å². The van der Waals surface area contributed by atoms with E-state index in [4.69, 9.17) is 0 Å². The molecule has 0 amide bonds. The second kappa shape index (κ2) is 5.88. The first-order chi connectivity index (χ1) is 9.83. The van der Waals surface area contributed by atoms with E-state index in [0.717, 1.165) is 25.1 Å². The number of H-pyrrole nitrogens is 1. The zero-order valence-electron chi connectivity index (χ0n) is 11.3. The van der Waals surface area contributed by atoms with Crippen LogP contribution >= 0.6 is 0 Å². The van der Waals surface area contributed by atoms with Crippen LogP contribution in [0.3, 0.4) is 0 Å². The highest BCUT2D eigenvalue weighted by atomic mass is 19.1. The van der Waals surface area contributed by atoms with Gasteiger partial charge in [-0.2, -0.15) is 0 Å². The molecule has 0 unspecified atom stereocenters. The van der Waals surface area contributed by atoms with Crippen LogP contribution in [-0.4, -0.2) is 11.5 Å². The van der Waals surface area contributed by atoms with Gasteiger partial charge in [-0.05, 0) is 23.8 Å². The Balaban J connectivity index is 1.55. The lowest BCUT2D eigenvalue weighted by atomic mass is 10.1. The van der Waals surface area contributed by atoms with Crippen LogP contribution in [0, 0.1) is 5.82 Å². The van der Waals surface area contributed by atoms with Crippen molar-refractivity contribution in [3.05, 3.63) is 71.7 Å². The van der Waals surface area contributed by atoms with Crippen molar-refractivity contribution in [3.8, 4) is 0 Å². The third kappa shape index (κ3) is 2.89. The van der Waals surface area contributed by atoms with Gasteiger partial charge >= 0.3 is 0 Å². The number of hydrogen-bond acceptors (Lipinski definition) is 0. The summed E-state index contributed by atoms with van der Waals surface area (Å²) in [5.74, 6) is -0.160. The largest absolute Gasteiger partial charge is 0.361 e. The summed E-state index contributed by atoms with van der Waals surface area (Å²) in [6, 6.07) is 15.2. The van der Waals surface area contributed by atoms with Crippen LogP contribution in [0.4, 0.5) is 4.39 Å². The number of para-hydroxylation sites is 1. The van der Waals surface area contributed by atoms with Gasteiger partial charge in [0.25, 0.3) is 0 Å². The fraction of sp³-hybridized carbons (Fsp3) is 0.176. The van der Waals surface area contributed by atoms with Crippen molar-refractivity contribution in [2.24, 2.45) is 0 Å². The highest BCUT2D eigenvalue weighted by Gasteiger charge is 2.03. The maximum absolute atomic E-state index is 13.1. The van der Waals surface area contributed by atoms with Crippen LogP contribution in [0.2, 0.25) is 0 Å². The van der Waals surface area contributed by atoms with Crippen LogP contribution in [0.25, 0.3) is 10.9 Å². The Morgan fingerprint density at radius 1 is 1.05 bits per heavy atom. The van der Waals surface area contributed by atoms with Gasteiger partial charge in [-0.1, -0.05) is 30.3 Å². The number of benzene rings is 2. The zero-order chi connectivity index (χ0) is 13.8. The van der Waals surface area contributed by atoms with Gasteiger partial charge in [-0.3, -0.25) is 0 Å². The lowest BCUT2D eigenvalue weighted by molar-refractivity contribution is -0.670. The molecule has 3 N–H and O–H groups in total. The standard InChI is InChI=1S/C17H17FN2/c18-15-5-3-4-13(10-15)11-19-9-8-14-12-20-17-7-2-1-6-16(14)17/h1-7,10,12,19-20H,8-9,11H2/p+1. The third-order valence-electron chi connectivity index (χ3n) is 3.56. The molecule has 1 heterocycles. The number of halogens is 1. The van der Waals surface area contributed by atoms with Gasteiger partial charge in [0.1, 0.15) is 12.4 Å². The molecule has 3 aromatic rings. The van der Waals surface area contributed by atoms with E-state index < -0.39 is 0 Å². The number of aromatic nitrogens is 1. The second-order valence-corrected chi connectivity index (χ2v) is 5.02. The van der Waals surface area contributed by atoms with E-state index in [2.05, 4.69) is 34.7 Å². The fourth-order valence-electron chi connectivity index (χ4n) is 2.53. The number of hydrogen-bond donors (Lipinski definition) is 2. The van der Waals surface area contributed by atoms with E-state index in [1.165, 1.54) is 22.5 Å². The molecule has 0 aliphatic heterocycles. The van der Waals surface area contributed by atoms with Gasteiger partial charge in [-0.15, -0.1) is 0 Å². The van der Waals surface area contributed by atoms with Crippen molar-refractivity contribution in [1.82, 2.24) is 4.98 Å². The monoisotopic (exact) mass is 269 g/mol. The summed E-state index contributed by atoms with van der Waals surface area (Å²) in [5.41, 5.74) is 3.56. The highest BCUT2D eigenvalue weighted by Crippen LogP contribution is 2.17. The number of nitrogens with two attached hydrogens (primary N) is 1. The number of fused-ring (bicyclic) bond motifs is 1. The molecule has 0 spiro atoms. The summed E-state index contributed by atoms with van der Waals surface area (Å²) < 4.78 is 13.1. The molecule has 3 heteroatoms. The summed E-state index contributed by atoms with van der Waals surface area (Å²) in [5, 5.41) is 3.52. The summed E-state index contributed by atoms with van der Waals surface area (Å²) in [6.45, 7) is 1.82. The van der Waals surface area contributed by atoms with Crippen molar-refractivity contribution in [2.45, 2.75) is 13.0 Å². The van der Waals surface area contributed by atoms with Gasteiger partial charge in [0.2, 0.25) is 0 Å². The summed E-state index contributed by atoms with van der Waals surface area (Å²) in [7, 11) is 0. The van der Waals surface area contributed by atoms with Crippen molar-refractivity contribution in [3.63, 3.8) is 0 Å². The van der Waals surface area contributed by atoms with Crippen LogP contribution in [0.15, 0.2) is 54.7 Å². The van der Waals surface area contributed by atoms with Crippen LogP contribution < -0.4 is 5.32 Å². The minimum absolute atomic E-state index is 0.160. The predicted octanol–water partition coefficient (Wildman–Crippen LogP) is 2.61. The molecular formula is C17H18FN2+. The fourth-order valence-corrected chi connectivity index (χ4v) is 2.53. The lowest BCUT2D eigenvalue weighted by Crippen LogP contribution is -2.83. The first-order valence-corrected chi connectivity index (χ1v) is 6.94. The third-order valence-corrected chi connectivity index (χ3v) is 3.56. The van der Waals surface area contributed by atoms with E-state index in [0.29, 0.717) is 0 Å². The first kappa shape index (κ1) is 12.9. The molecule has 0 atom stereocenters. The molecule has 0 saturated carbocycles. The number of nitrogens with one attached hydrogen (secondary N) is 1. The van der Waals surface area contributed by atoms with Crippen LogP contribution in [0.5, 0.6) is 0 Å². The summed E-state index contributed by atoms with van der Waals surface area (Å²) in [4.78, 5) is 3.29. The van der Waals surface area contributed by atoms with Gasteiger partial charge in [-0.25, -0.2) is 4.39 Å². The van der Waals surface area contributed by atoms with Crippen LogP contribution in [0.1, 0.15) is 11.1 Å². The highest BCUT2D eigenvalue weighted by molar-refractivity contribution is 5.82. The average molecular weight is 269 g/mol. The molecule has 102 valence electrons. The Morgan fingerprint density at radius 2 is 1.95 bits per heavy atom. The Hall–Kier alpha value is -2.13. The Morgan fingerprint density at radius 3 is 2.85 bits per heavy atom. The smallest absolute Gasteiger partial charge is 0.123 e. The van der Waals surface area contributed by atoms with Crippen molar-refractivity contribution < 1.29 is 9.71 Å². The van der Waals surface area contributed by atoms with E-state index in [9.17, 15) is 4.39 Å². The molecule has 2 aromatic carbocycles. The molecule has 0 aliphatic rings. The van der Waals surface area contributed by atoms with Gasteiger partial charge in [0.05, 0.1) is 6.54 Å². The van der Waals surface area contributed by atoms with Crippen LogP contribution in [-0.2, 0) is 13.0 Å². The minimum atomic E-state index is -0.160. The topological polar surface area (TPSA) is 32.4 Å². The van der Waals surface area contributed by atoms with Gasteiger partial charge in [0.15, 0.2) is 0 Å². The first-order valence-electron chi connectivity index (χ1n) is 6.94. The maximum atomic E-state index is 13.1. The molecule has 0 bridgehead atoms. The van der Waals surface area contributed by atoms with Gasteiger partial charge < -0.3 is 10.3 Å². The molecule has 0 radical (unpaired) electrons. The Labute approximate surface area is 117 Å². The van der Waals surface area contributed by atoms with Crippen molar-refractivity contribution >= 4 is 10.9 Å². The minimum Gasteiger partial charge on any atom is -0.361 e. The normalized spacial score (nSPS) is 11.1. The Bertz CT molecular complexity index is 703. The number of quaternary nitrogens is 1. The molecule has 0 aliphatic carbocycles. The van der Waals surface area contributed by atoms with E-state index in [1.807, 2.05) is 12.1 Å². The molecule has 0 fully saturated rings. The van der Waals surface area contributed by atoms with Crippen molar-refractivity contribution in [1.29, 1.82) is 0 Å². The van der Waals surface area contributed by atoms with E-state index >= 15 is 0 Å². The quantitative estimate of drug-likeness (QED) is 0.668. The molecular weight excluding hydrogens is 251 g/mol. The average Bonchev–Trinajstić information content (AvgIpc) is 2.87. The van der Waals surface area contributed by atoms with Crippen molar-refractivity contribution in [2.75, 3.05) is 6.54 Å². The molecule has 3 rings (SSSR count). The summed E-state index contributed by atoms with van der Waals surface area (Å²) >= 11 is 0. The Kier molecular flexibility index (Phi) is 3.79. The lowest BCUT2D eigenvalue weighted by Gasteiger charge is -2.02. The summed E-state index contributed by atoms with van der Waals surface area (Å²) in [6.07, 6.45) is 3.10. The zero-order valence-corrected chi connectivity index (χ0v) is 11.3. The second-order valence-electron chi connectivity index (χ2n) is 5.02. The SMILES string of the molecule is Fc1cccc(C[NH2+]CCc2c[nH]c3ccccc23)c1. The molecule has 0 saturated heterocycles. The van der Waals surface area contributed by atoms with E-state index in [1.54, 1.807) is 12.1 Å². The predicted molar refractivity (Wildman–Crippen MR) is 78.9 cm³/mol. The number of rotatable bonds is 5. The maximum Gasteiger partial charge on any atom is 0.123 e. The number of aromatic amines is 1. The molecule has 1 aromatic heterocycles. The molecule has 2 nitrogen and oxygen atoms in total. The van der Waals surface area contributed by atoms with E-state index in [-0.39, 0.29) is 5.82 Å². The molecule has 20 heavy (non-hydrogen) atoms.